The number of fused-ring (bicyclic) bond motifs is 1. The molecule has 0 N–H and O–H groups in total. The molecular weight excluding hydrogens is 323 g/mol. The number of esters is 1. The lowest BCUT2D eigenvalue weighted by Crippen LogP contribution is -2.40. The highest BCUT2D eigenvalue weighted by Crippen LogP contribution is 2.39. The third-order valence-corrected chi connectivity index (χ3v) is 3.66. The maximum atomic E-state index is 13.3. The van der Waals surface area contributed by atoms with Crippen LogP contribution in [0, 0.1) is 11.3 Å². The van der Waals surface area contributed by atoms with Gasteiger partial charge in [-0.25, -0.2) is 4.79 Å². The highest BCUT2D eigenvalue weighted by Gasteiger charge is 2.48. The molecule has 0 fully saturated rings. The molecule has 2 rings (SSSR count). The summed E-state index contributed by atoms with van der Waals surface area (Å²) in [5.41, 5.74) is -0.616. The Hall–Kier alpha value is -2.49. The van der Waals surface area contributed by atoms with Crippen LogP contribution in [0.4, 0.5) is 13.2 Å². The first-order chi connectivity index (χ1) is 11.1. The van der Waals surface area contributed by atoms with Crippen LogP contribution in [0.1, 0.15) is 31.9 Å². The zero-order valence-electron chi connectivity index (χ0n) is 13.4. The second-order valence-corrected chi connectivity index (χ2v) is 5.85. The topological polar surface area (TPSA) is 59.3 Å². The molecule has 0 spiro atoms. The Morgan fingerprint density at radius 2 is 2.04 bits per heavy atom. The normalized spacial score (nSPS) is 17.2. The molecule has 0 aromatic heterocycles. The molecule has 0 aliphatic carbocycles. The fraction of sp³-hybridized carbons (Fsp3) is 0.412. The van der Waals surface area contributed by atoms with Gasteiger partial charge in [0, 0.05) is 5.56 Å². The van der Waals surface area contributed by atoms with Crippen LogP contribution in [0.3, 0.4) is 0 Å². The SMILES string of the molecule is CCOC(=O)C1=Cc2ccc(C(C)(C)C#N)cc2OC1C(F)(F)F. The Morgan fingerprint density at radius 1 is 1.38 bits per heavy atom. The number of nitrogens with zero attached hydrogens (tertiary/aromatic N) is 1. The fourth-order valence-electron chi connectivity index (χ4n) is 2.27. The van der Waals surface area contributed by atoms with Gasteiger partial charge in [0.2, 0.25) is 6.10 Å². The van der Waals surface area contributed by atoms with E-state index in [-0.39, 0.29) is 12.4 Å². The van der Waals surface area contributed by atoms with Gasteiger partial charge in [-0.2, -0.15) is 18.4 Å². The standard InChI is InChI=1S/C17H16F3NO3/c1-4-23-15(22)12-7-10-5-6-11(16(2,3)9-21)8-13(10)24-14(12)17(18,19)20/h5-8,14H,4H2,1-3H3. The molecule has 128 valence electrons. The number of hydrogen-bond donors (Lipinski definition) is 0. The van der Waals surface area contributed by atoms with Crippen molar-refractivity contribution in [3.8, 4) is 11.8 Å². The van der Waals surface area contributed by atoms with E-state index in [0.29, 0.717) is 11.1 Å². The average molecular weight is 339 g/mol. The highest BCUT2D eigenvalue weighted by atomic mass is 19.4. The van der Waals surface area contributed by atoms with Crippen molar-refractivity contribution in [3.05, 3.63) is 34.9 Å². The Labute approximate surface area is 137 Å². The van der Waals surface area contributed by atoms with E-state index in [0.717, 1.165) is 6.08 Å². The minimum Gasteiger partial charge on any atom is -0.475 e. The number of ether oxygens (including phenoxy) is 2. The quantitative estimate of drug-likeness (QED) is 0.787. The highest BCUT2D eigenvalue weighted by molar-refractivity contribution is 5.96. The number of alkyl halides is 3. The summed E-state index contributed by atoms with van der Waals surface area (Å²) in [4.78, 5) is 11.8. The average Bonchev–Trinajstić information content (AvgIpc) is 2.52. The zero-order valence-corrected chi connectivity index (χ0v) is 13.4. The third kappa shape index (κ3) is 3.37. The number of nitriles is 1. The zero-order chi connectivity index (χ0) is 18.1. The van der Waals surface area contributed by atoms with E-state index < -0.39 is 29.2 Å². The predicted octanol–water partition coefficient (Wildman–Crippen LogP) is 3.76. The number of carbonyl (C=O) groups is 1. The summed E-state index contributed by atoms with van der Waals surface area (Å²) in [6, 6.07) is 6.63. The molecule has 7 heteroatoms. The van der Waals surface area contributed by atoms with Crippen LogP contribution in [0.15, 0.2) is 23.8 Å². The Bertz CT molecular complexity index is 730. The van der Waals surface area contributed by atoms with Gasteiger partial charge in [-0.15, -0.1) is 0 Å². The molecule has 0 saturated carbocycles. The molecule has 1 aromatic rings. The first kappa shape index (κ1) is 17.9. The van der Waals surface area contributed by atoms with Gasteiger partial charge in [0.15, 0.2) is 0 Å². The van der Waals surface area contributed by atoms with E-state index in [9.17, 15) is 18.0 Å². The number of hydrogen-bond acceptors (Lipinski definition) is 4. The first-order valence-electron chi connectivity index (χ1n) is 7.28. The molecule has 1 aromatic carbocycles. The van der Waals surface area contributed by atoms with E-state index in [1.807, 2.05) is 0 Å². The van der Waals surface area contributed by atoms with Crippen molar-refractivity contribution in [1.29, 1.82) is 5.26 Å². The van der Waals surface area contributed by atoms with Crippen LogP contribution < -0.4 is 4.74 Å². The van der Waals surface area contributed by atoms with Crippen molar-refractivity contribution in [2.24, 2.45) is 0 Å². The van der Waals surface area contributed by atoms with Crippen LogP contribution in [0.2, 0.25) is 0 Å². The van der Waals surface area contributed by atoms with Gasteiger partial charge in [-0.1, -0.05) is 12.1 Å². The molecule has 1 atom stereocenters. The van der Waals surface area contributed by atoms with E-state index in [1.165, 1.54) is 19.1 Å². The molecule has 0 bridgehead atoms. The van der Waals surface area contributed by atoms with E-state index in [4.69, 9.17) is 10.00 Å². The monoisotopic (exact) mass is 339 g/mol. The molecule has 0 amide bonds. The van der Waals surface area contributed by atoms with Crippen molar-refractivity contribution in [2.75, 3.05) is 6.61 Å². The number of benzene rings is 1. The van der Waals surface area contributed by atoms with E-state index in [1.54, 1.807) is 19.9 Å². The number of carbonyl (C=O) groups excluding carboxylic acids is 1. The molecule has 1 heterocycles. The smallest absolute Gasteiger partial charge is 0.430 e. The van der Waals surface area contributed by atoms with Gasteiger partial charge in [0.1, 0.15) is 5.75 Å². The summed E-state index contributed by atoms with van der Waals surface area (Å²) in [5.74, 6) is -1.09. The van der Waals surface area contributed by atoms with Crippen LogP contribution in [0.5, 0.6) is 5.75 Å². The summed E-state index contributed by atoms with van der Waals surface area (Å²) in [5, 5.41) is 9.16. The molecule has 1 unspecified atom stereocenters. The minimum absolute atomic E-state index is 0.0220. The van der Waals surface area contributed by atoms with Crippen molar-refractivity contribution in [2.45, 2.75) is 38.5 Å². The molecule has 1 aliphatic rings. The van der Waals surface area contributed by atoms with Crippen LogP contribution in [-0.4, -0.2) is 24.9 Å². The van der Waals surface area contributed by atoms with Crippen LogP contribution in [0.25, 0.3) is 6.08 Å². The third-order valence-electron chi connectivity index (χ3n) is 3.66. The van der Waals surface area contributed by atoms with Crippen molar-refractivity contribution < 1.29 is 27.4 Å². The summed E-state index contributed by atoms with van der Waals surface area (Å²) >= 11 is 0. The summed E-state index contributed by atoms with van der Waals surface area (Å²) in [6.45, 7) is 4.77. The van der Waals surface area contributed by atoms with Gasteiger partial charge in [-0.05, 0) is 38.5 Å². The van der Waals surface area contributed by atoms with Gasteiger partial charge in [-0.3, -0.25) is 0 Å². The number of halogens is 3. The molecule has 0 saturated heterocycles. The lowest BCUT2D eigenvalue weighted by molar-refractivity contribution is -0.187. The van der Waals surface area contributed by atoms with Gasteiger partial charge >= 0.3 is 12.1 Å². The van der Waals surface area contributed by atoms with Gasteiger partial charge in [0.05, 0.1) is 23.7 Å². The fourth-order valence-corrected chi connectivity index (χ4v) is 2.27. The van der Waals surface area contributed by atoms with Gasteiger partial charge < -0.3 is 9.47 Å². The Balaban J connectivity index is 2.52. The largest absolute Gasteiger partial charge is 0.475 e. The number of rotatable bonds is 3. The molecule has 0 radical (unpaired) electrons. The Kier molecular flexibility index (Phi) is 4.61. The predicted molar refractivity (Wildman–Crippen MR) is 80.2 cm³/mol. The Morgan fingerprint density at radius 3 is 2.58 bits per heavy atom. The first-order valence-corrected chi connectivity index (χ1v) is 7.28. The van der Waals surface area contributed by atoms with E-state index in [2.05, 4.69) is 10.8 Å². The van der Waals surface area contributed by atoms with Crippen molar-refractivity contribution >= 4 is 12.0 Å². The second kappa shape index (κ2) is 6.19. The van der Waals surface area contributed by atoms with E-state index >= 15 is 0 Å². The van der Waals surface area contributed by atoms with Crippen LogP contribution >= 0.6 is 0 Å². The lowest BCUT2D eigenvalue weighted by atomic mass is 9.85. The molecule has 24 heavy (non-hydrogen) atoms. The summed E-state index contributed by atoms with van der Waals surface area (Å²) < 4.78 is 49.5. The maximum absolute atomic E-state index is 13.3. The maximum Gasteiger partial charge on any atom is 0.430 e. The van der Waals surface area contributed by atoms with Crippen LogP contribution in [-0.2, 0) is 14.9 Å². The van der Waals surface area contributed by atoms with Crippen molar-refractivity contribution in [1.82, 2.24) is 0 Å². The molecule has 1 aliphatic heterocycles. The summed E-state index contributed by atoms with van der Waals surface area (Å²) in [7, 11) is 0. The summed E-state index contributed by atoms with van der Waals surface area (Å²) in [6.07, 6.45) is -6.04. The second-order valence-electron chi connectivity index (χ2n) is 5.85. The molecular formula is C17H16F3NO3. The molecule has 4 nitrogen and oxygen atoms in total. The van der Waals surface area contributed by atoms with Crippen molar-refractivity contribution in [3.63, 3.8) is 0 Å². The lowest BCUT2D eigenvalue weighted by Gasteiger charge is -2.29. The van der Waals surface area contributed by atoms with Gasteiger partial charge in [0.25, 0.3) is 0 Å². The minimum atomic E-state index is -4.77.